The molecule has 1 N–H and O–H groups in total. The molecule has 0 spiro atoms. The summed E-state index contributed by atoms with van der Waals surface area (Å²) in [4.78, 5) is 37.3. The summed E-state index contributed by atoms with van der Waals surface area (Å²) in [5.41, 5.74) is -1.20. The smallest absolute Gasteiger partial charge is 0.313 e. The number of carbonyl (C=O) groups is 3. The third-order valence-electron chi connectivity index (χ3n) is 4.82. The normalized spacial score (nSPS) is 15.8. The van der Waals surface area contributed by atoms with Crippen molar-refractivity contribution in [1.82, 2.24) is 5.32 Å². The zero-order chi connectivity index (χ0) is 20.9. The van der Waals surface area contributed by atoms with Gasteiger partial charge in [0.2, 0.25) is 5.91 Å². The second-order valence-corrected chi connectivity index (χ2v) is 8.31. The van der Waals surface area contributed by atoms with Gasteiger partial charge < -0.3 is 14.8 Å². The van der Waals surface area contributed by atoms with Gasteiger partial charge in [0.05, 0.1) is 12.5 Å². The fourth-order valence-electron chi connectivity index (χ4n) is 3.48. The standard InChI is InChI=1S/C21H28FNO5/c1-20(2,3)23-18(25)12-21(9-5-6-10-21)19(26)28-13-16(24)14-7-8-17(27-4)15(22)11-14/h7-8,11H,5-6,9-10,12-13H2,1-4H3,(H,23,25). The van der Waals surface area contributed by atoms with Crippen LogP contribution in [0, 0.1) is 11.2 Å². The lowest BCUT2D eigenvalue weighted by atomic mass is 9.82. The van der Waals surface area contributed by atoms with E-state index in [1.54, 1.807) is 0 Å². The predicted octanol–water partition coefficient (Wildman–Crippen LogP) is 3.43. The Morgan fingerprint density at radius 2 is 1.82 bits per heavy atom. The number of ether oxygens (including phenoxy) is 2. The molecule has 0 aliphatic heterocycles. The van der Waals surface area contributed by atoms with Gasteiger partial charge in [-0.2, -0.15) is 0 Å². The van der Waals surface area contributed by atoms with E-state index in [0.29, 0.717) is 12.8 Å². The lowest BCUT2D eigenvalue weighted by Crippen LogP contribution is -2.44. The molecule has 1 aliphatic carbocycles. The minimum absolute atomic E-state index is 0.0308. The van der Waals surface area contributed by atoms with E-state index in [1.807, 2.05) is 20.8 Å². The number of nitrogens with one attached hydrogen (secondary N) is 1. The molecule has 0 bridgehead atoms. The molecule has 1 aromatic rings. The number of carbonyl (C=O) groups excluding carboxylic acids is 3. The number of hydrogen-bond acceptors (Lipinski definition) is 5. The summed E-state index contributed by atoms with van der Waals surface area (Å²) in [5.74, 6) is -1.90. The number of hydrogen-bond donors (Lipinski definition) is 1. The van der Waals surface area contributed by atoms with Gasteiger partial charge in [-0.25, -0.2) is 4.39 Å². The molecular weight excluding hydrogens is 365 g/mol. The molecule has 1 aliphatic rings. The highest BCUT2D eigenvalue weighted by Gasteiger charge is 2.44. The lowest BCUT2D eigenvalue weighted by Gasteiger charge is -2.28. The number of esters is 1. The highest BCUT2D eigenvalue weighted by Crippen LogP contribution is 2.42. The van der Waals surface area contributed by atoms with Crippen LogP contribution in [0.4, 0.5) is 4.39 Å². The van der Waals surface area contributed by atoms with Gasteiger partial charge in [0.1, 0.15) is 0 Å². The quantitative estimate of drug-likeness (QED) is 0.567. The highest BCUT2D eigenvalue weighted by molar-refractivity contribution is 5.98. The van der Waals surface area contributed by atoms with Gasteiger partial charge in [0, 0.05) is 17.5 Å². The Morgan fingerprint density at radius 3 is 2.36 bits per heavy atom. The number of methoxy groups -OCH3 is 1. The first kappa shape index (κ1) is 21.9. The van der Waals surface area contributed by atoms with E-state index in [4.69, 9.17) is 9.47 Å². The monoisotopic (exact) mass is 393 g/mol. The Kier molecular flexibility index (Phi) is 6.80. The zero-order valence-corrected chi connectivity index (χ0v) is 16.9. The molecule has 7 heteroatoms. The second-order valence-electron chi connectivity index (χ2n) is 8.31. The predicted molar refractivity (Wildman–Crippen MR) is 102 cm³/mol. The SMILES string of the molecule is COc1ccc(C(=O)COC(=O)C2(CC(=O)NC(C)(C)C)CCCC2)cc1F. The van der Waals surface area contributed by atoms with Crippen LogP contribution < -0.4 is 10.1 Å². The van der Waals surface area contributed by atoms with Crippen LogP contribution in [-0.2, 0) is 14.3 Å². The Labute approximate surface area is 164 Å². The van der Waals surface area contributed by atoms with Crippen molar-refractivity contribution < 1.29 is 28.2 Å². The largest absolute Gasteiger partial charge is 0.494 e. The van der Waals surface area contributed by atoms with Crippen molar-refractivity contribution >= 4 is 17.7 Å². The molecule has 1 aromatic carbocycles. The fraction of sp³-hybridized carbons (Fsp3) is 0.571. The molecule has 28 heavy (non-hydrogen) atoms. The Morgan fingerprint density at radius 1 is 1.18 bits per heavy atom. The molecule has 1 amide bonds. The summed E-state index contributed by atoms with van der Waals surface area (Å²) in [6.07, 6.45) is 2.79. The van der Waals surface area contributed by atoms with Crippen LogP contribution in [0.1, 0.15) is 63.2 Å². The van der Waals surface area contributed by atoms with Crippen molar-refractivity contribution in [2.24, 2.45) is 5.41 Å². The van der Waals surface area contributed by atoms with Gasteiger partial charge in [-0.05, 0) is 51.8 Å². The number of benzene rings is 1. The van der Waals surface area contributed by atoms with E-state index < -0.39 is 35.1 Å². The average molecular weight is 393 g/mol. The zero-order valence-electron chi connectivity index (χ0n) is 16.9. The van der Waals surface area contributed by atoms with E-state index in [1.165, 1.54) is 19.2 Å². The summed E-state index contributed by atoms with van der Waals surface area (Å²) < 4.78 is 23.8. The van der Waals surface area contributed by atoms with E-state index in [2.05, 4.69) is 5.32 Å². The van der Waals surface area contributed by atoms with Crippen molar-refractivity contribution in [3.05, 3.63) is 29.6 Å². The molecule has 0 atom stereocenters. The van der Waals surface area contributed by atoms with E-state index in [-0.39, 0.29) is 23.6 Å². The van der Waals surface area contributed by atoms with E-state index in [0.717, 1.165) is 18.9 Å². The summed E-state index contributed by atoms with van der Waals surface area (Å²) in [6, 6.07) is 3.82. The molecule has 2 rings (SSSR count). The highest BCUT2D eigenvalue weighted by atomic mass is 19.1. The minimum atomic E-state index is -0.902. The van der Waals surface area contributed by atoms with Gasteiger partial charge in [-0.3, -0.25) is 14.4 Å². The Hall–Kier alpha value is -2.44. The van der Waals surface area contributed by atoms with Gasteiger partial charge in [-0.15, -0.1) is 0 Å². The summed E-state index contributed by atoms with van der Waals surface area (Å²) >= 11 is 0. The van der Waals surface area contributed by atoms with Crippen LogP contribution in [0.15, 0.2) is 18.2 Å². The molecule has 0 radical (unpaired) electrons. The summed E-state index contributed by atoms with van der Waals surface area (Å²) in [6.45, 7) is 5.12. The van der Waals surface area contributed by atoms with E-state index >= 15 is 0 Å². The number of rotatable bonds is 7. The van der Waals surface area contributed by atoms with Gasteiger partial charge >= 0.3 is 5.97 Å². The lowest BCUT2D eigenvalue weighted by molar-refractivity contribution is -0.157. The van der Waals surface area contributed by atoms with E-state index in [9.17, 15) is 18.8 Å². The van der Waals surface area contributed by atoms with Crippen molar-refractivity contribution in [3.63, 3.8) is 0 Å². The topological polar surface area (TPSA) is 81.7 Å². The minimum Gasteiger partial charge on any atom is -0.494 e. The van der Waals surface area contributed by atoms with Gasteiger partial charge in [0.25, 0.3) is 0 Å². The van der Waals surface area contributed by atoms with Crippen molar-refractivity contribution in [3.8, 4) is 5.75 Å². The average Bonchev–Trinajstić information content (AvgIpc) is 3.07. The van der Waals surface area contributed by atoms with Crippen molar-refractivity contribution in [2.45, 2.75) is 58.4 Å². The number of ketones is 1. The first-order chi connectivity index (χ1) is 13.1. The molecule has 6 nitrogen and oxygen atoms in total. The van der Waals surface area contributed by atoms with Gasteiger partial charge in [0.15, 0.2) is 24.0 Å². The maximum Gasteiger partial charge on any atom is 0.313 e. The first-order valence-corrected chi connectivity index (χ1v) is 9.41. The molecule has 0 saturated heterocycles. The molecule has 1 saturated carbocycles. The van der Waals surface area contributed by atoms with Crippen LogP contribution in [0.2, 0.25) is 0 Å². The third kappa shape index (κ3) is 5.53. The van der Waals surface area contributed by atoms with Crippen molar-refractivity contribution in [2.75, 3.05) is 13.7 Å². The van der Waals surface area contributed by atoms with Crippen LogP contribution in [0.25, 0.3) is 0 Å². The molecule has 0 aromatic heterocycles. The van der Waals surface area contributed by atoms with Crippen LogP contribution >= 0.6 is 0 Å². The molecule has 1 fully saturated rings. The molecule has 0 unspecified atom stereocenters. The van der Waals surface area contributed by atoms with Gasteiger partial charge in [-0.1, -0.05) is 12.8 Å². The molecule has 0 heterocycles. The number of Topliss-reactive ketones (excluding diaryl/α,β-unsaturated/α-hetero) is 1. The van der Waals surface area contributed by atoms with Crippen LogP contribution in [0.3, 0.4) is 0 Å². The van der Waals surface area contributed by atoms with Crippen molar-refractivity contribution in [1.29, 1.82) is 0 Å². The first-order valence-electron chi connectivity index (χ1n) is 9.41. The summed E-state index contributed by atoms with van der Waals surface area (Å²) in [7, 11) is 1.33. The maximum atomic E-state index is 13.8. The molecular formula is C21H28FNO5. The molecule has 154 valence electrons. The number of halogens is 1. The Balaban J connectivity index is 2.01. The Bertz CT molecular complexity index is 748. The second kappa shape index (κ2) is 8.71. The fourth-order valence-corrected chi connectivity index (χ4v) is 3.48. The van der Waals surface area contributed by atoms with Crippen LogP contribution in [0.5, 0.6) is 5.75 Å². The number of amides is 1. The summed E-state index contributed by atoms with van der Waals surface area (Å²) in [5, 5.41) is 2.87. The maximum absolute atomic E-state index is 13.8. The van der Waals surface area contributed by atoms with Crippen LogP contribution in [-0.4, -0.2) is 36.9 Å². The third-order valence-corrected chi connectivity index (χ3v) is 4.82.